The first kappa shape index (κ1) is 15.7. The van der Waals surface area contributed by atoms with Gasteiger partial charge in [-0.1, -0.05) is 26.0 Å². The van der Waals surface area contributed by atoms with E-state index in [0.717, 1.165) is 30.7 Å². The maximum absolute atomic E-state index is 12.6. The van der Waals surface area contributed by atoms with Gasteiger partial charge in [0.1, 0.15) is 6.04 Å². The minimum absolute atomic E-state index is 0.0105. The van der Waals surface area contributed by atoms with Crippen LogP contribution in [0.25, 0.3) is 0 Å². The molecule has 0 radical (unpaired) electrons. The molecule has 2 atom stereocenters. The Hall–Kier alpha value is -2.17. The van der Waals surface area contributed by atoms with Crippen molar-refractivity contribution in [1.29, 1.82) is 0 Å². The van der Waals surface area contributed by atoms with Crippen LogP contribution in [-0.2, 0) is 9.59 Å². The SMILES string of the molecule is CC(C)[C@H](NC(=O)C1CCC2=NC3=CC=CCC3=C2C1)C(N)=O. The van der Waals surface area contributed by atoms with Crippen molar-refractivity contribution in [2.24, 2.45) is 22.6 Å². The number of aliphatic imine (C=N–C) groups is 1. The summed E-state index contributed by atoms with van der Waals surface area (Å²) in [7, 11) is 0. The molecule has 0 aromatic rings. The summed E-state index contributed by atoms with van der Waals surface area (Å²) >= 11 is 0. The van der Waals surface area contributed by atoms with Gasteiger partial charge in [-0.15, -0.1) is 0 Å². The van der Waals surface area contributed by atoms with Crippen molar-refractivity contribution in [3.8, 4) is 0 Å². The average molecular weight is 313 g/mol. The molecule has 5 nitrogen and oxygen atoms in total. The molecular weight excluding hydrogens is 290 g/mol. The molecule has 2 aliphatic carbocycles. The van der Waals surface area contributed by atoms with Gasteiger partial charge in [0.15, 0.2) is 0 Å². The molecule has 0 spiro atoms. The Morgan fingerprint density at radius 1 is 1.35 bits per heavy atom. The fraction of sp³-hybridized carbons (Fsp3) is 0.500. The van der Waals surface area contributed by atoms with Gasteiger partial charge in [0.25, 0.3) is 0 Å². The highest BCUT2D eigenvalue weighted by atomic mass is 16.2. The Balaban J connectivity index is 1.73. The van der Waals surface area contributed by atoms with Gasteiger partial charge in [-0.05, 0) is 48.8 Å². The highest BCUT2D eigenvalue weighted by Gasteiger charge is 2.34. The fourth-order valence-electron chi connectivity index (χ4n) is 3.49. The van der Waals surface area contributed by atoms with Crippen LogP contribution in [0.5, 0.6) is 0 Å². The summed E-state index contributed by atoms with van der Waals surface area (Å²) in [5.41, 5.74) is 10.1. The van der Waals surface area contributed by atoms with E-state index in [9.17, 15) is 9.59 Å². The zero-order valence-electron chi connectivity index (χ0n) is 13.6. The van der Waals surface area contributed by atoms with Crippen LogP contribution in [0.2, 0.25) is 0 Å². The third kappa shape index (κ3) is 3.00. The number of nitrogens with two attached hydrogens (primary N) is 1. The van der Waals surface area contributed by atoms with Crippen LogP contribution in [0, 0.1) is 11.8 Å². The number of allylic oxidation sites excluding steroid dienone is 5. The zero-order chi connectivity index (χ0) is 16.6. The van der Waals surface area contributed by atoms with E-state index in [1.165, 1.54) is 11.1 Å². The van der Waals surface area contributed by atoms with Crippen molar-refractivity contribution < 1.29 is 9.59 Å². The predicted molar refractivity (Wildman–Crippen MR) is 89.6 cm³/mol. The molecule has 3 rings (SSSR count). The number of hydrogen-bond donors (Lipinski definition) is 2. The van der Waals surface area contributed by atoms with Crippen LogP contribution in [0.4, 0.5) is 0 Å². The standard InChI is InChI=1S/C18H23N3O2/c1-10(2)16(17(19)22)21-18(23)11-7-8-15-13(9-11)12-5-3-4-6-14(12)20-15/h3-4,6,10-11,16H,5,7-9H2,1-2H3,(H2,19,22)(H,21,23)/t11?,16-/m0/s1. The number of hydrogen-bond acceptors (Lipinski definition) is 3. The third-order valence-electron chi connectivity index (χ3n) is 4.81. The van der Waals surface area contributed by atoms with Crippen LogP contribution >= 0.6 is 0 Å². The first-order valence-corrected chi connectivity index (χ1v) is 8.24. The van der Waals surface area contributed by atoms with Gasteiger partial charge in [0, 0.05) is 11.6 Å². The second kappa shape index (κ2) is 6.14. The number of rotatable bonds is 4. The molecule has 1 unspecified atom stereocenters. The van der Waals surface area contributed by atoms with E-state index < -0.39 is 11.9 Å². The van der Waals surface area contributed by atoms with Gasteiger partial charge in [-0.3, -0.25) is 14.6 Å². The molecule has 1 aliphatic heterocycles. The summed E-state index contributed by atoms with van der Waals surface area (Å²) in [6.07, 6.45) is 9.37. The molecule has 23 heavy (non-hydrogen) atoms. The van der Waals surface area contributed by atoms with Crippen molar-refractivity contribution in [2.45, 2.75) is 45.6 Å². The Labute approximate surface area is 136 Å². The first-order chi connectivity index (χ1) is 11.0. The van der Waals surface area contributed by atoms with Crippen molar-refractivity contribution >= 4 is 17.5 Å². The molecule has 2 amide bonds. The van der Waals surface area contributed by atoms with Crippen LogP contribution < -0.4 is 11.1 Å². The molecule has 1 fully saturated rings. The molecule has 1 saturated carbocycles. The van der Waals surface area contributed by atoms with Crippen LogP contribution in [0.1, 0.15) is 39.5 Å². The Morgan fingerprint density at radius 3 is 2.83 bits per heavy atom. The van der Waals surface area contributed by atoms with Crippen LogP contribution in [0.3, 0.4) is 0 Å². The van der Waals surface area contributed by atoms with Crippen molar-refractivity contribution in [3.63, 3.8) is 0 Å². The summed E-state index contributed by atoms with van der Waals surface area (Å²) in [6.45, 7) is 3.77. The Morgan fingerprint density at radius 2 is 2.13 bits per heavy atom. The number of primary amides is 1. The molecule has 0 saturated heterocycles. The molecule has 3 N–H and O–H groups in total. The van der Waals surface area contributed by atoms with Crippen molar-refractivity contribution in [1.82, 2.24) is 5.32 Å². The first-order valence-electron chi connectivity index (χ1n) is 8.24. The number of nitrogens with one attached hydrogen (secondary N) is 1. The van der Waals surface area contributed by atoms with Crippen molar-refractivity contribution in [3.05, 3.63) is 35.1 Å². The summed E-state index contributed by atoms with van der Waals surface area (Å²) in [5.74, 6) is -0.665. The Kier molecular flexibility index (Phi) is 4.20. The van der Waals surface area contributed by atoms with Crippen LogP contribution in [0.15, 0.2) is 40.1 Å². The number of carbonyl (C=O) groups is 2. The highest BCUT2D eigenvalue weighted by molar-refractivity contribution is 6.06. The fourth-order valence-corrected chi connectivity index (χ4v) is 3.49. The van der Waals surface area contributed by atoms with Gasteiger partial charge < -0.3 is 11.1 Å². The lowest BCUT2D eigenvalue weighted by Crippen LogP contribution is -2.50. The number of fused-ring (bicyclic) bond motifs is 2. The Bertz CT molecular complexity index is 668. The molecule has 5 heteroatoms. The van der Waals surface area contributed by atoms with E-state index in [1.807, 2.05) is 26.0 Å². The minimum Gasteiger partial charge on any atom is -0.368 e. The van der Waals surface area contributed by atoms with E-state index in [1.54, 1.807) is 0 Å². The summed E-state index contributed by atoms with van der Waals surface area (Å²) in [4.78, 5) is 28.7. The van der Waals surface area contributed by atoms with E-state index in [2.05, 4.69) is 16.4 Å². The zero-order valence-corrected chi connectivity index (χ0v) is 13.6. The molecule has 3 aliphatic rings. The lowest BCUT2D eigenvalue weighted by Gasteiger charge is -2.27. The third-order valence-corrected chi connectivity index (χ3v) is 4.81. The smallest absolute Gasteiger partial charge is 0.240 e. The molecular formula is C18H23N3O2. The van der Waals surface area contributed by atoms with Gasteiger partial charge in [-0.2, -0.15) is 0 Å². The summed E-state index contributed by atoms with van der Waals surface area (Å²) in [5, 5.41) is 2.83. The minimum atomic E-state index is -0.605. The van der Waals surface area contributed by atoms with Gasteiger partial charge in [0.2, 0.25) is 11.8 Å². The number of nitrogens with zero attached hydrogens (tertiary/aromatic N) is 1. The average Bonchev–Trinajstić information content (AvgIpc) is 2.89. The van der Waals surface area contributed by atoms with E-state index >= 15 is 0 Å². The summed E-state index contributed by atoms with van der Waals surface area (Å²) < 4.78 is 0. The molecule has 0 aromatic carbocycles. The summed E-state index contributed by atoms with van der Waals surface area (Å²) in [6, 6.07) is -0.605. The van der Waals surface area contributed by atoms with E-state index in [-0.39, 0.29) is 17.7 Å². The molecule has 1 heterocycles. The van der Waals surface area contributed by atoms with Crippen LogP contribution in [-0.4, -0.2) is 23.6 Å². The number of amides is 2. The largest absolute Gasteiger partial charge is 0.368 e. The van der Waals surface area contributed by atoms with Gasteiger partial charge in [-0.25, -0.2) is 0 Å². The second-order valence-corrected chi connectivity index (χ2v) is 6.77. The van der Waals surface area contributed by atoms with Gasteiger partial charge >= 0.3 is 0 Å². The van der Waals surface area contributed by atoms with E-state index in [4.69, 9.17) is 5.73 Å². The monoisotopic (exact) mass is 313 g/mol. The molecule has 0 bridgehead atoms. The number of carbonyl (C=O) groups excluding carboxylic acids is 2. The lowest BCUT2D eigenvalue weighted by molar-refractivity contribution is -0.131. The normalized spacial score (nSPS) is 23.9. The van der Waals surface area contributed by atoms with E-state index in [0.29, 0.717) is 6.42 Å². The lowest BCUT2D eigenvalue weighted by atomic mass is 9.81. The quantitative estimate of drug-likeness (QED) is 0.832. The topological polar surface area (TPSA) is 84.6 Å². The second-order valence-electron chi connectivity index (χ2n) is 6.77. The maximum atomic E-state index is 12.6. The molecule has 0 aromatic heterocycles. The predicted octanol–water partition coefficient (Wildman–Crippen LogP) is 2.01. The van der Waals surface area contributed by atoms with Crippen molar-refractivity contribution in [2.75, 3.05) is 0 Å². The maximum Gasteiger partial charge on any atom is 0.240 e. The highest BCUT2D eigenvalue weighted by Crippen LogP contribution is 2.39. The van der Waals surface area contributed by atoms with Gasteiger partial charge in [0.05, 0.1) is 5.70 Å². The molecule has 122 valence electrons.